The van der Waals surface area contributed by atoms with E-state index in [0.717, 1.165) is 16.9 Å². The van der Waals surface area contributed by atoms with Crippen molar-refractivity contribution in [3.05, 3.63) is 44.1 Å². The Bertz CT molecular complexity index is 734. The Labute approximate surface area is 137 Å². The molecule has 1 aromatic carbocycles. The van der Waals surface area contributed by atoms with E-state index in [-0.39, 0.29) is 21.5 Å². The normalized spacial score (nSPS) is 11.8. The van der Waals surface area contributed by atoms with Crippen LogP contribution in [0.15, 0.2) is 28.5 Å². The molecule has 4 nitrogen and oxygen atoms in total. The fraction of sp³-hybridized carbons (Fsp3) is 0.231. The van der Waals surface area contributed by atoms with Gasteiger partial charge < -0.3 is 5.73 Å². The fourth-order valence-electron chi connectivity index (χ4n) is 1.91. The lowest BCUT2D eigenvalue weighted by atomic mass is 10.2. The molecule has 3 N–H and O–H groups in total. The first-order valence-corrected chi connectivity index (χ1v) is 9.26. The van der Waals surface area contributed by atoms with Crippen LogP contribution in [0.4, 0.5) is 5.69 Å². The van der Waals surface area contributed by atoms with E-state index < -0.39 is 10.0 Å². The van der Waals surface area contributed by atoms with Gasteiger partial charge in [0.25, 0.3) is 0 Å². The first-order valence-electron chi connectivity index (χ1n) is 6.14. The lowest BCUT2D eigenvalue weighted by molar-refractivity contribution is 0.582. The van der Waals surface area contributed by atoms with Crippen molar-refractivity contribution in [1.82, 2.24) is 4.72 Å². The zero-order chi connectivity index (χ0) is 15.6. The molecule has 0 fully saturated rings. The van der Waals surface area contributed by atoms with E-state index in [1.165, 1.54) is 23.5 Å². The molecule has 0 radical (unpaired) electrons. The smallest absolute Gasteiger partial charge is 0.243 e. The number of aryl methyl sites for hydroxylation is 1. The van der Waals surface area contributed by atoms with Gasteiger partial charge in [0.1, 0.15) is 4.90 Å². The Hall–Kier alpha value is -0.790. The molecule has 0 aliphatic heterocycles. The van der Waals surface area contributed by atoms with Crippen LogP contribution in [0, 0.1) is 0 Å². The molecule has 0 spiro atoms. The molecule has 0 bridgehead atoms. The summed E-state index contributed by atoms with van der Waals surface area (Å²) >= 11 is 13.4. The maximum atomic E-state index is 12.4. The zero-order valence-electron chi connectivity index (χ0n) is 11.2. The molecule has 1 aromatic heterocycles. The summed E-state index contributed by atoms with van der Waals surface area (Å²) in [4.78, 5) is 0.832. The van der Waals surface area contributed by atoms with Crippen molar-refractivity contribution >= 4 is 50.2 Å². The molecule has 0 aliphatic rings. The van der Waals surface area contributed by atoms with Crippen LogP contribution in [0.25, 0.3) is 0 Å². The molecule has 1 heterocycles. The first kappa shape index (κ1) is 16.6. The highest BCUT2D eigenvalue weighted by molar-refractivity contribution is 7.89. The van der Waals surface area contributed by atoms with E-state index in [1.54, 1.807) is 0 Å². The van der Waals surface area contributed by atoms with Crippen LogP contribution in [0.5, 0.6) is 0 Å². The number of sulfonamides is 1. The van der Waals surface area contributed by atoms with E-state index in [0.29, 0.717) is 5.69 Å². The highest BCUT2D eigenvalue weighted by Gasteiger charge is 2.22. The predicted octanol–water partition coefficient (Wildman–Crippen LogP) is 3.68. The van der Waals surface area contributed by atoms with Crippen LogP contribution in [0.2, 0.25) is 10.0 Å². The van der Waals surface area contributed by atoms with E-state index in [9.17, 15) is 8.42 Å². The van der Waals surface area contributed by atoms with Crippen molar-refractivity contribution < 1.29 is 8.42 Å². The number of hydrogen-bond acceptors (Lipinski definition) is 4. The maximum Gasteiger partial charge on any atom is 0.243 e. The molecule has 8 heteroatoms. The van der Waals surface area contributed by atoms with Crippen molar-refractivity contribution in [2.45, 2.75) is 24.8 Å². The zero-order valence-corrected chi connectivity index (χ0v) is 14.3. The van der Waals surface area contributed by atoms with Gasteiger partial charge in [-0.15, -0.1) is 11.3 Å². The summed E-state index contributed by atoms with van der Waals surface area (Å²) in [5, 5.41) is 1.95. The maximum absolute atomic E-state index is 12.4. The highest BCUT2D eigenvalue weighted by atomic mass is 35.5. The van der Waals surface area contributed by atoms with Gasteiger partial charge in [-0.25, -0.2) is 13.1 Å². The van der Waals surface area contributed by atoms with Gasteiger partial charge in [-0.3, -0.25) is 0 Å². The molecule has 21 heavy (non-hydrogen) atoms. The summed E-state index contributed by atoms with van der Waals surface area (Å²) < 4.78 is 27.3. The number of nitrogens with one attached hydrogen (secondary N) is 1. The molecule has 2 rings (SSSR count). The second-order valence-corrected chi connectivity index (χ2v) is 7.88. The van der Waals surface area contributed by atoms with E-state index in [1.807, 2.05) is 18.4 Å². The number of nitrogen functional groups attached to an aromatic ring is 1. The number of anilines is 1. The van der Waals surface area contributed by atoms with Gasteiger partial charge in [0, 0.05) is 17.1 Å². The number of nitrogens with two attached hydrogens (primary N) is 1. The lowest BCUT2D eigenvalue weighted by Crippen LogP contribution is -2.24. The van der Waals surface area contributed by atoms with Crippen molar-refractivity contribution in [1.29, 1.82) is 0 Å². The summed E-state index contributed by atoms with van der Waals surface area (Å²) in [7, 11) is -3.80. The Kier molecular flexibility index (Phi) is 5.16. The van der Waals surface area contributed by atoms with Crippen LogP contribution < -0.4 is 10.5 Å². The second kappa shape index (κ2) is 6.54. The average molecular weight is 365 g/mol. The van der Waals surface area contributed by atoms with Crippen molar-refractivity contribution in [2.75, 3.05) is 5.73 Å². The van der Waals surface area contributed by atoms with Gasteiger partial charge in [-0.2, -0.15) is 0 Å². The summed E-state index contributed by atoms with van der Waals surface area (Å²) in [5.74, 6) is 0. The quantitative estimate of drug-likeness (QED) is 0.794. The minimum absolute atomic E-state index is 0.00870. The van der Waals surface area contributed by atoms with Gasteiger partial charge in [0.05, 0.1) is 10.0 Å². The second-order valence-electron chi connectivity index (χ2n) is 4.36. The topological polar surface area (TPSA) is 72.2 Å². The Morgan fingerprint density at radius 2 is 1.90 bits per heavy atom. The highest BCUT2D eigenvalue weighted by Crippen LogP contribution is 2.32. The molecule has 2 aromatic rings. The lowest BCUT2D eigenvalue weighted by Gasteiger charge is -2.11. The Balaban J connectivity index is 2.27. The number of rotatable bonds is 5. The largest absolute Gasteiger partial charge is 0.399 e. The fourth-order valence-corrected chi connectivity index (χ4v) is 5.14. The third-order valence-electron chi connectivity index (χ3n) is 2.93. The third kappa shape index (κ3) is 3.70. The van der Waals surface area contributed by atoms with Gasteiger partial charge >= 0.3 is 0 Å². The Morgan fingerprint density at radius 1 is 1.29 bits per heavy atom. The van der Waals surface area contributed by atoms with E-state index in [4.69, 9.17) is 28.9 Å². The molecule has 0 unspecified atom stereocenters. The van der Waals surface area contributed by atoms with Gasteiger partial charge in [-0.05, 0) is 35.6 Å². The SMILES string of the molecule is CCc1ccsc1CNS(=O)(=O)c1c(Cl)cc(N)cc1Cl. The van der Waals surface area contributed by atoms with E-state index >= 15 is 0 Å². The monoisotopic (exact) mass is 364 g/mol. The molecular formula is C13H14Cl2N2O2S2. The van der Waals surface area contributed by atoms with Crippen molar-refractivity contribution in [3.63, 3.8) is 0 Å². The minimum Gasteiger partial charge on any atom is -0.399 e. The van der Waals surface area contributed by atoms with Crippen LogP contribution in [0.3, 0.4) is 0 Å². The van der Waals surface area contributed by atoms with Crippen LogP contribution in [0.1, 0.15) is 17.4 Å². The van der Waals surface area contributed by atoms with Crippen LogP contribution in [-0.4, -0.2) is 8.42 Å². The average Bonchev–Trinajstić information content (AvgIpc) is 2.82. The van der Waals surface area contributed by atoms with Crippen molar-refractivity contribution in [2.24, 2.45) is 0 Å². The molecule has 114 valence electrons. The predicted molar refractivity (Wildman–Crippen MR) is 88.6 cm³/mol. The van der Waals surface area contributed by atoms with E-state index in [2.05, 4.69) is 4.72 Å². The molecule has 0 atom stereocenters. The van der Waals surface area contributed by atoms with Gasteiger partial charge in [-0.1, -0.05) is 30.1 Å². The molecular weight excluding hydrogens is 351 g/mol. The Morgan fingerprint density at radius 3 is 2.48 bits per heavy atom. The number of thiophene rings is 1. The number of benzene rings is 1. The van der Waals surface area contributed by atoms with Crippen molar-refractivity contribution in [3.8, 4) is 0 Å². The summed E-state index contributed by atoms with van der Waals surface area (Å²) in [5.41, 5.74) is 7.02. The van der Waals surface area contributed by atoms with Crippen LogP contribution >= 0.6 is 34.5 Å². The molecule has 0 amide bonds. The van der Waals surface area contributed by atoms with Crippen LogP contribution in [-0.2, 0) is 23.0 Å². The van der Waals surface area contributed by atoms with Gasteiger partial charge in [0.2, 0.25) is 10.0 Å². The molecule has 0 aliphatic carbocycles. The molecule has 0 saturated heterocycles. The summed E-state index contributed by atoms with van der Waals surface area (Å²) in [6.45, 7) is 2.23. The standard InChI is InChI=1S/C13H14Cl2N2O2S2/c1-2-8-3-4-20-12(8)7-17-21(18,19)13-10(14)5-9(16)6-11(13)15/h3-6,17H,2,7,16H2,1H3. The van der Waals surface area contributed by atoms with Gasteiger partial charge in [0.15, 0.2) is 0 Å². The number of halogens is 2. The summed E-state index contributed by atoms with van der Waals surface area (Å²) in [6, 6.07) is 4.71. The minimum atomic E-state index is -3.80. The molecule has 0 saturated carbocycles. The first-order chi connectivity index (χ1) is 9.85. The number of hydrogen-bond donors (Lipinski definition) is 2. The third-order valence-corrected chi connectivity index (χ3v) is 6.22. The summed E-state index contributed by atoms with van der Waals surface area (Å²) in [6.07, 6.45) is 0.851.